The van der Waals surface area contributed by atoms with E-state index >= 15 is 0 Å². The summed E-state index contributed by atoms with van der Waals surface area (Å²) in [6.45, 7) is 0. The molecule has 2 rings (SSSR count). The van der Waals surface area contributed by atoms with Crippen LogP contribution < -0.4 is 4.74 Å². The number of hydrogen-bond acceptors (Lipinski definition) is 4. The van der Waals surface area contributed by atoms with Crippen molar-refractivity contribution in [1.29, 1.82) is 0 Å². The van der Waals surface area contributed by atoms with E-state index in [1.165, 1.54) is 11.8 Å². The van der Waals surface area contributed by atoms with Crippen LogP contribution in [0, 0.1) is 0 Å². The van der Waals surface area contributed by atoms with Crippen LogP contribution in [0.1, 0.15) is 0 Å². The Morgan fingerprint density at radius 1 is 1.15 bits per heavy atom. The molecule has 102 valence electrons. The number of hydrogen-bond donors (Lipinski definition) is 0. The number of methoxy groups -OCH3 is 1. The molecule has 0 radical (unpaired) electrons. The zero-order chi connectivity index (χ0) is 14.5. The highest BCUT2D eigenvalue weighted by Crippen LogP contribution is 2.41. The molecule has 0 aliphatic carbocycles. The van der Waals surface area contributed by atoms with Gasteiger partial charge >= 0.3 is 0 Å². The fraction of sp³-hybridized carbons (Fsp3) is 0.0714. The van der Waals surface area contributed by atoms with Gasteiger partial charge in [0, 0.05) is 9.79 Å². The quantitative estimate of drug-likeness (QED) is 0.511. The van der Waals surface area contributed by atoms with E-state index < -0.39 is 0 Å². The Morgan fingerprint density at radius 2 is 1.75 bits per heavy atom. The van der Waals surface area contributed by atoms with Crippen LogP contribution in [0.5, 0.6) is 5.75 Å². The molecule has 0 spiro atoms. The molecule has 0 atom stereocenters. The molecule has 0 fully saturated rings. The maximum absolute atomic E-state index is 6.23. The van der Waals surface area contributed by atoms with Crippen LogP contribution >= 0.6 is 47.2 Å². The van der Waals surface area contributed by atoms with Crippen LogP contribution in [0.15, 0.2) is 51.2 Å². The summed E-state index contributed by atoms with van der Waals surface area (Å²) < 4.78 is 5.12. The molecule has 0 aliphatic heterocycles. The second-order valence-corrected chi connectivity index (χ2v) is 5.80. The summed E-state index contributed by atoms with van der Waals surface area (Å²) in [5, 5.41) is 3.35. The van der Waals surface area contributed by atoms with Crippen LogP contribution in [0.25, 0.3) is 0 Å². The number of halogens is 2. The predicted octanol–water partition coefficient (Wildman–Crippen LogP) is 5.89. The monoisotopic (exact) mass is 341 g/mol. The highest BCUT2D eigenvalue weighted by molar-refractivity contribution is 7.99. The van der Waals surface area contributed by atoms with E-state index in [-0.39, 0.29) is 0 Å². The molecule has 2 nitrogen and oxygen atoms in total. The molecular weight excluding hydrogens is 333 g/mol. The SMILES string of the molecule is COc1ccc(Sc2c(Cl)cc(N=C=S)cc2Cl)cc1. The summed E-state index contributed by atoms with van der Waals surface area (Å²) in [4.78, 5) is 5.66. The van der Waals surface area contributed by atoms with Crippen molar-refractivity contribution in [3.8, 4) is 5.75 Å². The molecule has 0 unspecified atom stereocenters. The van der Waals surface area contributed by atoms with Gasteiger partial charge in [-0.25, -0.2) is 0 Å². The van der Waals surface area contributed by atoms with Crippen LogP contribution in [-0.2, 0) is 0 Å². The smallest absolute Gasteiger partial charge is 0.118 e. The third-order valence-corrected chi connectivity index (χ3v) is 4.50. The van der Waals surface area contributed by atoms with Crippen LogP contribution in [0.2, 0.25) is 10.0 Å². The van der Waals surface area contributed by atoms with E-state index in [0.29, 0.717) is 15.7 Å². The van der Waals surface area contributed by atoms with Crippen molar-refractivity contribution < 1.29 is 4.74 Å². The number of thiocarbonyl (C=S) groups is 1. The number of nitrogens with zero attached hydrogens (tertiary/aromatic N) is 1. The van der Waals surface area contributed by atoms with E-state index in [1.807, 2.05) is 24.3 Å². The summed E-state index contributed by atoms with van der Waals surface area (Å²) in [5.74, 6) is 0.803. The Bertz CT molecular complexity index is 644. The molecule has 0 saturated carbocycles. The first-order chi connectivity index (χ1) is 9.63. The van der Waals surface area contributed by atoms with Gasteiger partial charge in [-0.2, -0.15) is 4.99 Å². The lowest BCUT2D eigenvalue weighted by Gasteiger charge is -2.08. The molecule has 6 heteroatoms. The maximum Gasteiger partial charge on any atom is 0.118 e. The van der Waals surface area contributed by atoms with Crippen molar-refractivity contribution >= 4 is 58.0 Å². The molecule has 0 aliphatic rings. The standard InChI is InChI=1S/C14H9Cl2NOS2/c1-18-10-2-4-11(5-3-10)20-14-12(15)6-9(17-8-19)7-13(14)16/h2-7H,1H3. The van der Waals surface area contributed by atoms with E-state index in [4.69, 9.17) is 27.9 Å². The van der Waals surface area contributed by atoms with Gasteiger partial charge in [0.2, 0.25) is 0 Å². The van der Waals surface area contributed by atoms with Gasteiger partial charge in [0.15, 0.2) is 0 Å². The second-order valence-electron chi connectivity index (χ2n) is 3.72. The molecule has 2 aromatic carbocycles. The lowest BCUT2D eigenvalue weighted by Crippen LogP contribution is -1.82. The molecule has 20 heavy (non-hydrogen) atoms. The Hall–Kier alpha value is -1.03. The predicted molar refractivity (Wildman–Crippen MR) is 88.3 cm³/mol. The van der Waals surface area contributed by atoms with Crippen molar-refractivity contribution in [3.05, 3.63) is 46.4 Å². The van der Waals surface area contributed by atoms with Crippen molar-refractivity contribution in [3.63, 3.8) is 0 Å². The lowest BCUT2D eigenvalue weighted by molar-refractivity contribution is 0.414. The summed E-state index contributed by atoms with van der Waals surface area (Å²) >= 11 is 18.5. The molecule has 0 saturated heterocycles. The van der Waals surface area contributed by atoms with Gasteiger partial charge in [0.25, 0.3) is 0 Å². The molecule has 0 bridgehead atoms. The van der Waals surface area contributed by atoms with Gasteiger partial charge in [0.05, 0.1) is 28.0 Å². The summed E-state index contributed by atoms with van der Waals surface area (Å²) in [5.41, 5.74) is 0.592. The summed E-state index contributed by atoms with van der Waals surface area (Å²) in [6.07, 6.45) is 0. The fourth-order valence-corrected chi connectivity index (χ4v) is 3.16. The Labute approximate surface area is 136 Å². The summed E-state index contributed by atoms with van der Waals surface area (Å²) in [7, 11) is 1.63. The van der Waals surface area contributed by atoms with Gasteiger partial charge in [-0.1, -0.05) is 35.0 Å². The third kappa shape index (κ3) is 3.75. The van der Waals surface area contributed by atoms with E-state index in [9.17, 15) is 0 Å². The number of isothiocyanates is 1. The minimum Gasteiger partial charge on any atom is -0.497 e. The first kappa shape index (κ1) is 15.4. The first-order valence-corrected chi connectivity index (χ1v) is 7.51. The highest BCUT2D eigenvalue weighted by Gasteiger charge is 2.10. The molecule has 0 heterocycles. The molecule has 0 aromatic heterocycles. The normalized spacial score (nSPS) is 9.95. The van der Waals surface area contributed by atoms with Gasteiger partial charge in [-0.05, 0) is 48.6 Å². The van der Waals surface area contributed by atoms with Crippen molar-refractivity contribution in [2.75, 3.05) is 7.11 Å². The van der Waals surface area contributed by atoms with Gasteiger partial charge in [-0.15, -0.1) is 0 Å². The zero-order valence-electron chi connectivity index (χ0n) is 10.4. The van der Waals surface area contributed by atoms with E-state index in [1.54, 1.807) is 19.2 Å². The number of rotatable bonds is 4. The summed E-state index contributed by atoms with van der Waals surface area (Å²) in [6, 6.07) is 11.1. The van der Waals surface area contributed by atoms with E-state index in [2.05, 4.69) is 22.4 Å². The molecule has 2 aromatic rings. The van der Waals surface area contributed by atoms with Crippen LogP contribution in [-0.4, -0.2) is 12.3 Å². The highest BCUT2D eigenvalue weighted by atomic mass is 35.5. The molecule has 0 amide bonds. The molecule has 0 N–H and O–H groups in total. The van der Waals surface area contributed by atoms with Crippen LogP contribution in [0.3, 0.4) is 0 Å². The Kier molecular flexibility index (Phi) is 5.46. The topological polar surface area (TPSA) is 21.6 Å². The van der Waals surface area contributed by atoms with Crippen LogP contribution in [0.4, 0.5) is 5.69 Å². The largest absolute Gasteiger partial charge is 0.497 e. The van der Waals surface area contributed by atoms with Crippen molar-refractivity contribution in [2.45, 2.75) is 9.79 Å². The maximum atomic E-state index is 6.23. The average Bonchev–Trinajstić information content (AvgIpc) is 2.44. The first-order valence-electron chi connectivity index (χ1n) is 5.53. The zero-order valence-corrected chi connectivity index (χ0v) is 13.5. The lowest BCUT2D eigenvalue weighted by atomic mass is 10.3. The fourth-order valence-electron chi connectivity index (χ4n) is 1.52. The van der Waals surface area contributed by atoms with Gasteiger partial charge < -0.3 is 4.74 Å². The number of ether oxygens (including phenoxy) is 1. The van der Waals surface area contributed by atoms with Crippen molar-refractivity contribution in [2.24, 2.45) is 4.99 Å². The average molecular weight is 342 g/mol. The van der Waals surface area contributed by atoms with Crippen molar-refractivity contribution in [1.82, 2.24) is 0 Å². The third-order valence-electron chi connectivity index (χ3n) is 2.44. The second kappa shape index (κ2) is 7.11. The van der Waals surface area contributed by atoms with E-state index in [0.717, 1.165) is 15.5 Å². The van der Waals surface area contributed by atoms with Gasteiger partial charge in [-0.3, -0.25) is 0 Å². The minimum absolute atomic E-state index is 0.530. The minimum atomic E-state index is 0.530. The molecular formula is C14H9Cl2NOS2. The Morgan fingerprint density at radius 3 is 2.25 bits per heavy atom. The number of benzene rings is 2. The van der Waals surface area contributed by atoms with Gasteiger partial charge in [0.1, 0.15) is 5.75 Å². The number of aliphatic imine (C=N–C) groups is 1. The Balaban J connectivity index is 2.30.